The number of benzene rings is 1. The molecule has 0 aliphatic carbocycles. The maximum atomic E-state index is 12.0. The molecule has 6 heteroatoms. The Bertz CT molecular complexity index is 490. The number of anilines is 1. The van der Waals surface area contributed by atoms with E-state index in [0.717, 1.165) is 24.5 Å². The lowest BCUT2D eigenvalue weighted by Crippen LogP contribution is -3.00. The topological polar surface area (TPSA) is 50.8 Å². The molecule has 1 N–H and O–H groups in total. The van der Waals surface area contributed by atoms with Crippen LogP contribution in [0.5, 0.6) is 11.5 Å². The van der Waals surface area contributed by atoms with E-state index >= 15 is 0 Å². The highest BCUT2D eigenvalue weighted by Crippen LogP contribution is 2.32. The first-order valence-corrected chi connectivity index (χ1v) is 7.23. The van der Waals surface area contributed by atoms with Gasteiger partial charge in [-0.2, -0.15) is 0 Å². The highest BCUT2D eigenvalue weighted by Gasteiger charge is 2.15. The van der Waals surface area contributed by atoms with Gasteiger partial charge in [-0.05, 0) is 38.1 Å². The number of hydrogen-bond donors (Lipinski definition) is 1. The van der Waals surface area contributed by atoms with Crippen molar-refractivity contribution < 1.29 is 26.7 Å². The second-order valence-electron chi connectivity index (χ2n) is 5.24. The van der Waals surface area contributed by atoms with E-state index in [-0.39, 0.29) is 18.3 Å². The Kier molecular flexibility index (Phi) is 5.70. The van der Waals surface area contributed by atoms with Gasteiger partial charge in [0.25, 0.3) is 0 Å². The molecule has 0 spiro atoms. The average molecular weight is 312 g/mol. The molecular weight excluding hydrogens is 292 g/mol. The molecule has 0 saturated carbocycles. The van der Waals surface area contributed by atoms with Crippen molar-refractivity contribution in [2.24, 2.45) is 0 Å². The number of carbonyl (C=O) groups excluding carboxylic acids is 1. The third-order valence-electron chi connectivity index (χ3n) is 3.64. The lowest BCUT2D eigenvalue weighted by Gasteiger charge is -2.25. The Balaban J connectivity index is 0.00000161. The van der Waals surface area contributed by atoms with Crippen LogP contribution in [0.3, 0.4) is 0 Å². The summed E-state index contributed by atoms with van der Waals surface area (Å²) in [6, 6.07) is 5.51. The van der Waals surface area contributed by atoms with Crippen molar-refractivity contribution >= 4 is 11.6 Å². The number of nitrogens with one attached hydrogen (secondary N) is 1. The largest absolute Gasteiger partial charge is 1.00 e. The van der Waals surface area contributed by atoms with Crippen LogP contribution in [0, 0.1) is 0 Å². The summed E-state index contributed by atoms with van der Waals surface area (Å²) < 4.78 is 11.0. The second-order valence-corrected chi connectivity index (χ2v) is 5.24. The molecule has 0 unspecified atom stereocenters. The van der Waals surface area contributed by atoms with Crippen molar-refractivity contribution in [1.82, 2.24) is 4.90 Å². The molecule has 1 saturated heterocycles. The molecule has 1 aromatic rings. The van der Waals surface area contributed by atoms with Gasteiger partial charge >= 0.3 is 0 Å². The van der Waals surface area contributed by atoms with Crippen molar-refractivity contribution in [3.05, 3.63) is 18.2 Å². The zero-order valence-corrected chi connectivity index (χ0v) is 12.7. The molecule has 21 heavy (non-hydrogen) atoms. The number of halogens is 1. The third kappa shape index (κ3) is 4.25. The first kappa shape index (κ1) is 15.9. The first-order valence-electron chi connectivity index (χ1n) is 7.23. The van der Waals surface area contributed by atoms with E-state index < -0.39 is 0 Å². The molecule has 2 aliphatic heterocycles. The van der Waals surface area contributed by atoms with E-state index in [2.05, 4.69) is 10.2 Å². The first-order chi connectivity index (χ1) is 9.81. The Morgan fingerprint density at radius 3 is 2.57 bits per heavy atom. The van der Waals surface area contributed by atoms with Crippen LogP contribution in [-0.4, -0.2) is 43.7 Å². The lowest BCUT2D eigenvalue weighted by molar-refractivity contribution is -0.117. The quantitative estimate of drug-likeness (QED) is 0.769. The van der Waals surface area contributed by atoms with Crippen molar-refractivity contribution in [2.75, 3.05) is 38.2 Å². The number of amides is 1. The van der Waals surface area contributed by atoms with Crippen LogP contribution in [0.4, 0.5) is 5.69 Å². The van der Waals surface area contributed by atoms with E-state index in [1.165, 1.54) is 19.3 Å². The number of hydrogen-bond acceptors (Lipinski definition) is 4. The van der Waals surface area contributed by atoms with Gasteiger partial charge in [-0.15, -0.1) is 0 Å². The zero-order chi connectivity index (χ0) is 13.8. The van der Waals surface area contributed by atoms with E-state index in [0.29, 0.717) is 25.5 Å². The van der Waals surface area contributed by atoms with Gasteiger partial charge < -0.3 is 27.2 Å². The third-order valence-corrected chi connectivity index (χ3v) is 3.64. The normalized spacial score (nSPS) is 17.7. The van der Waals surface area contributed by atoms with Gasteiger partial charge in [0.1, 0.15) is 13.2 Å². The van der Waals surface area contributed by atoms with Crippen LogP contribution < -0.4 is 27.2 Å². The number of rotatable bonds is 3. The van der Waals surface area contributed by atoms with Gasteiger partial charge in [0.05, 0.1) is 6.54 Å². The van der Waals surface area contributed by atoms with Gasteiger partial charge in [0.2, 0.25) is 5.91 Å². The number of ether oxygens (including phenoxy) is 2. The molecular formula is C15H20ClN2O3-. The summed E-state index contributed by atoms with van der Waals surface area (Å²) in [5.74, 6) is 1.47. The minimum Gasteiger partial charge on any atom is -1.00 e. The van der Waals surface area contributed by atoms with Crippen molar-refractivity contribution in [3.8, 4) is 11.5 Å². The maximum absolute atomic E-state index is 12.0. The highest BCUT2D eigenvalue weighted by molar-refractivity contribution is 5.92. The van der Waals surface area contributed by atoms with Gasteiger partial charge in [0, 0.05) is 11.8 Å². The summed E-state index contributed by atoms with van der Waals surface area (Å²) in [4.78, 5) is 14.2. The number of fused-ring (bicyclic) bond motifs is 1. The predicted octanol–water partition coefficient (Wildman–Crippen LogP) is -1.11. The summed E-state index contributed by atoms with van der Waals surface area (Å²) in [5.41, 5.74) is 0.760. The SMILES string of the molecule is O=C(CN1CCCCC1)Nc1ccc2c(c1)OCCO2.[Cl-]. The fraction of sp³-hybridized carbons (Fsp3) is 0.533. The summed E-state index contributed by atoms with van der Waals surface area (Å²) >= 11 is 0. The lowest BCUT2D eigenvalue weighted by atomic mass is 10.1. The van der Waals surface area contributed by atoms with Crippen LogP contribution in [0.15, 0.2) is 18.2 Å². The Labute approximate surface area is 131 Å². The van der Waals surface area contributed by atoms with Crippen molar-refractivity contribution in [2.45, 2.75) is 19.3 Å². The fourth-order valence-electron chi connectivity index (χ4n) is 2.64. The number of nitrogens with zero attached hydrogens (tertiary/aromatic N) is 1. The summed E-state index contributed by atoms with van der Waals surface area (Å²) in [6.07, 6.45) is 3.66. The zero-order valence-electron chi connectivity index (χ0n) is 11.9. The fourth-order valence-corrected chi connectivity index (χ4v) is 2.64. The van der Waals surface area contributed by atoms with Crippen molar-refractivity contribution in [3.63, 3.8) is 0 Å². The van der Waals surface area contributed by atoms with E-state index in [9.17, 15) is 4.79 Å². The van der Waals surface area contributed by atoms with E-state index in [1.807, 2.05) is 18.2 Å². The van der Waals surface area contributed by atoms with Gasteiger partial charge in [0.15, 0.2) is 11.5 Å². The van der Waals surface area contributed by atoms with E-state index in [4.69, 9.17) is 9.47 Å². The Morgan fingerprint density at radius 1 is 1.10 bits per heavy atom. The molecule has 0 atom stereocenters. The minimum absolute atomic E-state index is 0. The van der Waals surface area contributed by atoms with Crippen LogP contribution in [0.2, 0.25) is 0 Å². The molecule has 1 amide bonds. The van der Waals surface area contributed by atoms with Gasteiger partial charge in [-0.1, -0.05) is 6.42 Å². The molecule has 116 valence electrons. The van der Waals surface area contributed by atoms with Gasteiger partial charge in [-0.25, -0.2) is 0 Å². The molecule has 0 bridgehead atoms. The molecule has 1 aromatic carbocycles. The average Bonchev–Trinajstić information content (AvgIpc) is 2.48. The predicted molar refractivity (Wildman–Crippen MR) is 76.4 cm³/mol. The Morgan fingerprint density at radius 2 is 1.81 bits per heavy atom. The number of carbonyl (C=O) groups is 1. The second kappa shape index (κ2) is 7.52. The minimum atomic E-state index is 0. The molecule has 2 aliphatic rings. The summed E-state index contributed by atoms with van der Waals surface area (Å²) in [7, 11) is 0. The monoisotopic (exact) mass is 311 g/mol. The standard InChI is InChI=1S/C15H20N2O3.ClH/c18-15(11-17-6-2-1-3-7-17)16-12-4-5-13-14(10-12)20-9-8-19-13;/h4-5,10H,1-3,6-9,11H2,(H,16,18);1H/p-1. The smallest absolute Gasteiger partial charge is 0.238 e. The van der Waals surface area contributed by atoms with Crippen LogP contribution in [-0.2, 0) is 4.79 Å². The van der Waals surface area contributed by atoms with E-state index in [1.54, 1.807) is 0 Å². The highest BCUT2D eigenvalue weighted by atomic mass is 35.5. The number of likely N-dealkylation sites (tertiary alicyclic amines) is 1. The Hall–Kier alpha value is -1.46. The maximum Gasteiger partial charge on any atom is 0.238 e. The summed E-state index contributed by atoms with van der Waals surface area (Å²) in [5, 5.41) is 2.92. The molecule has 5 nitrogen and oxygen atoms in total. The summed E-state index contributed by atoms with van der Waals surface area (Å²) in [6.45, 7) is 3.64. The molecule has 0 aromatic heterocycles. The molecule has 1 fully saturated rings. The van der Waals surface area contributed by atoms with Crippen LogP contribution in [0.25, 0.3) is 0 Å². The van der Waals surface area contributed by atoms with Crippen LogP contribution >= 0.6 is 0 Å². The molecule has 3 rings (SSSR count). The van der Waals surface area contributed by atoms with Crippen molar-refractivity contribution in [1.29, 1.82) is 0 Å². The van der Waals surface area contributed by atoms with Crippen LogP contribution in [0.1, 0.15) is 19.3 Å². The van der Waals surface area contributed by atoms with Gasteiger partial charge in [-0.3, -0.25) is 9.69 Å². The molecule has 2 heterocycles. The molecule has 0 radical (unpaired) electrons. The number of piperidine rings is 1.